The SMILES string of the molecule is COC(=O)CCCN1C(=S)N[C@@H](c2ccccn2)[C@H]1c1cccn1-c1cccc(C(F)(F)F)c1. The monoisotopic (exact) mass is 488 g/mol. The number of methoxy groups -OCH3 is 1. The largest absolute Gasteiger partial charge is 0.469 e. The number of thiocarbonyl (C=S) groups is 1. The summed E-state index contributed by atoms with van der Waals surface area (Å²) in [6.45, 7) is 0.461. The lowest BCUT2D eigenvalue weighted by Gasteiger charge is -2.29. The van der Waals surface area contributed by atoms with Crippen LogP contribution in [0.3, 0.4) is 0 Å². The molecule has 6 nitrogen and oxygen atoms in total. The summed E-state index contributed by atoms with van der Waals surface area (Å²) in [5.74, 6) is -0.316. The number of halogens is 3. The first-order valence-electron chi connectivity index (χ1n) is 10.7. The highest BCUT2D eigenvalue weighted by atomic mass is 32.1. The molecule has 0 radical (unpaired) electrons. The lowest BCUT2D eigenvalue weighted by Crippen LogP contribution is -2.31. The van der Waals surface area contributed by atoms with Gasteiger partial charge in [0.05, 0.1) is 30.5 Å². The van der Waals surface area contributed by atoms with E-state index in [-0.39, 0.29) is 24.5 Å². The highest BCUT2D eigenvalue weighted by molar-refractivity contribution is 7.80. The van der Waals surface area contributed by atoms with E-state index in [0.29, 0.717) is 23.8 Å². The van der Waals surface area contributed by atoms with Crippen molar-refractivity contribution in [3.8, 4) is 5.69 Å². The van der Waals surface area contributed by atoms with Crippen LogP contribution in [-0.2, 0) is 15.7 Å². The fraction of sp³-hybridized carbons (Fsp3) is 0.292. The molecule has 1 aliphatic heterocycles. The molecule has 0 amide bonds. The molecule has 1 aliphatic rings. The molecule has 4 rings (SSSR count). The van der Waals surface area contributed by atoms with Crippen molar-refractivity contribution in [1.82, 2.24) is 19.8 Å². The Kier molecular flexibility index (Phi) is 6.87. The molecule has 1 saturated heterocycles. The number of hydrogen-bond acceptors (Lipinski definition) is 4. The molecular weight excluding hydrogens is 465 g/mol. The molecule has 3 aromatic rings. The minimum absolute atomic E-state index is 0.227. The van der Waals surface area contributed by atoms with Crippen LogP contribution in [0.15, 0.2) is 67.0 Å². The van der Waals surface area contributed by atoms with Gasteiger partial charge in [0, 0.05) is 36.7 Å². The first-order chi connectivity index (χ1) is 16.3. The van der Waals surface area contributed by atoms with Crippen LogP contribution in [0, 0.1) is 0 Å². The second-order valence-electron chi connectivity index (χ2n) is 7.85. The van der Waals surface area contributed by atoms with Gasteiger partial charge in [-0.2, -0.15) is 13.2 Å². The summed E-state index contributed by atoms with van der Waals surface area (Å²) >= 11 is 5.62. The second kappa shape index (κ2) is 9.84. The van der Waals surface area contributed by atoms with Crippen LogP contribution in [0.2, 0.25) is 0 Å². The zero-order valence-corrected chi connectivity index (χ0v) is 19.1. The second-order valence-corrected chi connectivity index (χ2v) is 8.24. The van der Waals surface area contributed by atoms with Crippen molar-refractivity contribution in [2.45, 2.75) is 31.1 Å². The molecule has 0 unspecified atom stereocenters. The smallest absolute Gasteiger partial charge is 0.416 e. The van der Waals surface area contributed by atoms with Crippen LogP contribution in [-0.4, -0.2) is 39.2 Å². The molecule has 1 aromatic carbocycles. The van der Waals surface area contributed by atoms with Gasteiger partial charge in [0.1, 0.15) is 0 Å². The van der Waals surface area contributed by atoms with Crippen molar-refractivity contribution in [2.24, 2.45) is 0 Å². The maximum atomic E-state index is 13.4. The fourth-order valence-electron chi connectivity index (χ4n) is 4.17. The Morgan fingerprint density at radius 3 is 2.71 bits per heavy atom. The van der Waals surface area contributed by atoms with Crippen molar-refractivity contribution in [1.29, 1.82) is 0 Å². The third-order valence-electron chi connectivity index (χ3n) is 5.74. The highest BCUT2D eigenvalue weighted by Crippen LogP contribution is 2.40. The number of hydrogen-bond donors (Lipinski definition) is 1. The van der Waals surface area contributed by atoms with Gasteiger partial charge in [-0.3, -0.25) is 9.78 Å². The third-order valence-corrected chi connectivity index (χ3v) is 6.09. The van der Waals surface area contributed by atoms with E-state index in [0.717, 1.165) is 23.5 Å². The quantitative estimate of drug-likeness (QED) is 0.380. The Hall–Kier alpha value is -3.40. The standard InChI is InChI=1S/C24H23F3N4O2S/c1-33-20(32)11-6-14-31-22(21(29-23(31)34)18-9-2-3-12-28-18)19-10-5-13-30(19)17-8-4-7-16(15-17)24(25,26)27/h2-5,7-10,12-13,15,21-22H,6,11,14H2,1H3,(H,29,34)/t21-,22+/m0/s1. The molecule has 1 N–H and O–H groups in total. The van der Waals surface area contributed by atoms with Gasteiger partial charge < -0.3 is 19.5 Å². The number of alkyl halides is 3. The van der Waals surface area contributed by atoms with Crippen molar-refractivity contribution >= 4 is 23.3 Å². The number of carbonyl (C=O) groups is 1. The third kappa shape index (κ3) is 4.91. The van der Waals surface area contributed by atoms with Gasteiger partial charge in [0.25, 0.3) is 0 Å². The van der Waals surface area contributed by atoms with Crippen LogP contribution in [0.25, 0.3) is 5.69 Å². The van der Waals surface area contributed by atoms with Gasteiger partial charge in [0.15, 0.2) is 5.11 Å². The number of carbonyl (C=O) groups excluding carboxylic acids is 1. The molecule has 0 saturated carbocycles. The Labute approximate surface area is 200 Å². The molecule has 0 bridgehead atoms. The zero-order valence-electron chi connectivity index (χ0n) is 18.3. The Bertz CT molecular complexity index is 1170. The number of pyridine rings is 1. The first kappa shape index (κ1) is 23.7. The van der Waals surface area contributed by atoms with Crippen LogP contribution < -0.4 is 5.32 Å². The summed E-state index contributed by atoms with van der Waals surface area (Å²) in [6, 6.07) is 13.7. The fourth-order valence-corrected chi connectivity index (χ4v) is 4.50. The highest BCUT2D eigenvalue weighted by Gasteiger charge is 2.41. The zero-order chi connectivity index (χ0) is 24.3. The predicted octanol–water partition coefficient (Wildman–Crippen LogP) is 4.82. The maximum absolute atomic E-state index is 13.4. The molecule has 34 heavy (non-hydrogen) atoms. The lowest BCUT2D eigenvalue weighted by atomic mass is 10.0. The van der Waals surface area contributed by atoms with E-state index in [1.165, 1.54) is 13.2 Å². The van der Waals surface area contributed by atoms with Gasteiger partial charge in [0.2, 0.25) is 0 Å². The number of benzene rings is 1. The van der Waals surface area contributed by atoms with Gasteiger partial charge >= 0.3 is 12.1 Å². The summed E-state index contributed by atoms with van der Waals surface area (Å²) < 4.78 is 46.5. The Balaban J connectivity index is 1.73. The molecule has 0 aliphatic carbocycles. The van der Waals surface area contributed by atoms with E-state index >= 15 is 0 Å². The van der Waals surface area contributed by atoms with Gasteiger partial charge in [-0.25, -0.2) is 0 Å². The maximum Gasteiger partial charge on any atom is 0.416 e. The van der Waals surface area contributed by atoms with Crippen LogP contribution in [0.4, 0.5) is 13.2 Å². The lowest BCUT2D eigenvalue weighted by molar-refractivity contribution is -0.141. The van der Waals surface area contributed by atoms with Crippen LogP contribution in [0.1, 0.15) is 41.9 Å². The van der Waals surface area contributed by atoms with E-state index in [2.05, 4.69) is 10.3 Å². The van der Waals surface area contributed by atoms with Gasteiger partial charge in [-0.15, -0.1) is 0 Å². The van der Waals surface area contributed by atoms with Crippen LogP contribution >= 0.6 is 12.2 Å². The van der Waals surface area contributed by atoms with Crippen molar-refractivity contribution in [3.63, 3.8) is 0 Å². The molecule has 1 fully saturated rings. The molecule has 3 heterocycles. The minimum Gasteiger partial charge on any atom is -0.469 e. The van der Waals surface area contributed by atoms with E-state index in [4.69, 9.17) is 17.0 Å². The number of aromatic nitrogens is 2. The molecular formula is C24H23F3N4O2S. The Morgan fingerprint density at radius 2 is 2.00 bits per heavy atom. The van der Waals surface area contributed by atoms with Gasteiger partial charge in [-0.05, 0) is 61.1 Å². The predicted molar refractivity (Wildman–Crippen MR) is 124 cm³/mol. The molecule has 2 atom stereocenters. The summed E-state index contributed by atoms with van der Waals surface area (Å²) in [5.41, 5.74) is 1.17. The van der Waals surface area contributed by atoms with Crippen molar-refractivity contribution < 1.29 is 22.7 Å². The number of esters is 1. The van der Waals surface area contributed by atoms with Crippen LogP contribution in [0.5, 0.6) is 0 Å². The Morgan fingerprint density at radius 1 is 1.18 bits per heavy atom. The summed E-state index contributed by atoms with van der Waals surface area (Å²) in [4.78, 5) is 18.1. The molecule has 178 valence electrons. The van der Waals surface area contributed by atoms with E-state index < -0.39 is 11.7 Å². The van der Waals surface area contributed by atoms with E-state index in [9.17, 15) is 18.0 Å². The number of rotatable bonds is 7. The average molecular weight is 489 g/mol. The average Bonchev–Trinajstić information content (AvgIpc) is 3.43. The number of nitrogens with one attached hydrogen (secondary N) is 1. The minimum atomic E-state index is -4.45. The van der Waals surface area contributed by atoms with E-state index in [1.54, 1.807) is 29.1 Å². The molecule has 2 aromatic heterocycles. The molecule has 0 spiro atoms. The summed E-state index contributed by atoms with van der Waals surface area (Å²) in [5, 5.41) is 3.80. The number of nitrogens with zero attached hydrogens (tertiary/aromatic N) is 3. The van der Waals surface area contributed by atoms with Crippen molar-refractivity contribution in [3.05, 3.63) is 83.9 Å². The normalized spacial score (nSPS) is 18.1. The topological polar surface area (TPSA) is 59.4 Å². The molecule has 10 heteroatoms. The summed E-state index contributed by atoms with van der Waals surface area (Å²) in [7, 11) is 1.34. The number of ether oxygens (including phenoxy) is 1. The summed E-state index contributed by atoms with van der Waals surface area (Å²) in [6.07, 6.45) is -0.303. The first-order valence-corrected chi connectivity index (χ1v) is 11.1. The van der Waals surface area contributed by atoms with Gasteiger partial charge in [-0.1, -0.05) is 12.1 Å². The van der Waals surface area contributed by atoms with E-state index in [1.807, 2.05) is 29.2 Å². The van der Waals surface area contributed by atoms with Crippen molar-refractivity contribution in [2.75, 3.05) is 13.7 Å².